The van der Waals surface area contributed by atoms with Gasteiger partial charge in [0.05, 0.1) is 13.2 Å². The lowest BCUT2D eigenvalue weighted by Crippen LogP contribution is -2.17. The molecule has 0 aromatic heterocycles. The van der Waals surface area contributed by atoms with Crippen LogP contribution in [0.4, 0.5) is 0 Å². The molecule has 1 atom stereocenters. The summed E-state index contributed by atoms with van der Waals surface area (Å²) in [6.07, 6.45) is 0. The van der Waals surface area contributed by atoms with E-state index in [0.717, 1.165) is 5.56 Å². The highest BCUT2D eigenvalue weighted by Gasteiger charge is 2.08. The van der Waals surface area contributed by atoms with E-state index < -0.39 is 0 Å². The zero-order valence-corrected chi connectivity index (χ0v) is 10.8. The molecular formula is C12H15BrO3. The molecule has 0 saturated carbocycles. The number of ether oxygens (including phenoxy) is 2. The van der Waals surface area contributed by atoms with Gasteiger partial charge in [0.2, 0.25) is 0 Å². The van der Waals surface area contributed by atoms with E-state index in [1.807, 2.05) is 30.3 Å². The van der Waals surface area contributed by atoms with E-state index in [-0.39, 0.29) is 10.8 Å². The third-order valence-corrected chi connectivity index (χ3v) is 2.28. The van der Waals surface area contributed by atoms with Crippen molar-refractivity contribution in [1.82, 2.24) is 0 Å². The molecule has 0 saturated heterocycles. The fourth-order valence-electron chi connectivity index (χ4n) is 1.08. The van der Waals surface area contributed by atoms with Crippen LogP contribution in [0.1, 0.15) is 12.5 Å². The number of rotatable bonds is 6. The Labute approximate surface area is 104 Å². The number of esters is 1. The number of alkyl halides is 1. The minimum absolute atomic E-state index is 0.261. The Hall–Kier alpha value is -0.870. The summed E-state index contributed by atoms with van der Waals surface area (Å²) in [5, 5.41) is 0. The molecule has 0 aliphatic carbocycles. The zero-order chi connectivity index (χ0) is 11.8. The molecule has 0 amide bonds. The number of hydrogen-bond acceptors (Lipinski definition) is 3. The van der Waals surface area contributed by atoms with Crippen molar-refractivity contribution in [2.24, 2.45) is 0 Å². The molecule has 1 aromatic carbocycles. The molecule has 1 rings (SSSR count). The number of carbonyl (C=O) groups excluding carboxylic acids is 1. The van der Waals surface area contributed by atoms with E-state index in [1.54, 1.807) is 6.92 Å². The predicted molar refractivity (Wildman–Crippen MR) is 65.4 cm³/mol. The molecule has 1 unspecified atom stereocenters. The van der Waals surface area contributed by atoms with Crippen LogP contribution in [0.5, 0.6) is 0 Å². The quantitative estimate of drug-likeness (QED) is 0.458. The summed E-state index contributed by atoms with van der Waals surface area (Å²) >= 11 is 3.13. The largest absolute Gasteiger partial charge is 0.462 e. The van der Waals surface area contributed by atoms with Gasteiger partial charge in [0, 0.05) is 0 Å². The lowest BCUT2D eigenvalue weighted by atomic mass is 10.2. The van der Waals surface area contributed by atoms with Crippen LogP contribution in [0.3, 0.4) is 0 Å². The van der Waals surface area contributed by atoms with Gasteiger partial charge in [0.15, 0.2) is 0 Å². The maximum Gasteiger partial charge on any atom is 0.319 e. The number of benzene rings is 1. The molecule has 0 spiro atoms. The Morgan fingerprint density at radius 3 is 2.62 bits per heavy atom. The van der Waals surface area contributed by atoms with Crippen molar-refractivity contribution in [1.29, 1.82) is 0 Å². The summed E-state index contributed by atoms with van der Waals surface area (Å²) in [5.74, 6) is -0.261. The van der Waals surface area contributed by atoms with Crippen molar-refractivity contribution in [3.05, 3.63) is 35.9 Å². The maximum absolute atomic E-state index is 11.1. The third-order valence-electron chi connectivity index (χ3n) is 1.91. The maximum atomic E-state index is 11.1. The van der Waals surface area contributed by atoms with Gasteiger partial charge in [-0.3, -0.25) is 4.79 Å². The molecule has 1 aromatic rings. The van der Waals surface area contributed by atoms with Crippen molar-refractivity contribution in [3.8, 4) is 0 Å². The lowest BCUT2D eigenvalue weighted by Gasteiger charge is -2.07. The number of carbonyl (C=O) groups is 1. The van der Waals surface area contributed by atoms with Crippen LogP contribution < -0.4 is 0 Å². The van der Waals surface area contributed by atoms with Gasteiger partial charge in [0.25, 0.3) is 0 Å². The topological polar surface area (TPSA) is 35.5 Å². The smallest absolute Gasteiger partial charge is 0.319 e. The van der Waals surface area contributed by atoms with Gasteiger partial charge in [-0.15, -0.1) is 0 Å². The molecule has 0 aliphatic heterocycles. The molecule has 0 radical (unpaired) electrons. The van der Waals surface area contributed by atoms with Crippen molar-refractivity contribution in [3.63, 3.8) is 0 Å². The van der Waals surface area contributed by atoms with Crippen LogP contribution in [-0.4, -0.2) is 24.0 Å². The monoisotopic (exact) mass is 286 g/mol. The third kappa shape index (κ3) is 5.28. The van der Waals surface area contributed by atoms with Gasteiger partial charge in [-0.25, -0.2) is 0 Å². The Kier molecular flexibility index (Phi) is 6.11. The molecule has 3 nitrogen and oxygen atoms in total. The highest BCUT2D eigenvalue weighted by Crippen LogP contribution is 2.01. The fraction of sp³-hybridized carbons (Fsp3) is 0.417. The first-order valence-electron chi connectivity index (χ1n) is 5.12. The van der Waals surface area contributed by atoms with E-state index in [4.69, 9.17) is 9.47 Å². The van der Waals surface area contributed by atoms with Crippen molar-refractivity contribution >= 4 is 21.9 Å². The number of halogens is 1. The van der Waals surface area contributed by atoms with Crippen LogP contribution in [-0.2, 0) is 20.9 Å². The normalized spacial score (nSPS) is 12.1. The van der Waals surface area contributed by atoms with Crippen LogP contribution in [0.15, 0.2) is 30.3 Å². The molecule has 16 heavy (non-hydrogen) atoms. The summed E-state index contributed by atoms with van der Waals surface area (Å²) < 4.78 is 10.3. The minimum atomic E-state index is -0.262. The second-order valence-electron chi connectivity index (χ2n) is 3.32. The van der Waals surface area contributed by atoms with Crippen LogP contribution >= 0.6 is 15.9 Å². The average Bonchev–Trinajstić information content (AvgIpc) is 2.29. The molecule has 0 aliphatic rings. The summed E-state index contributed by atoms with van der Waals surface area (Å²) in [6, 6.07) is 9.87. The van der Waals surface area contributed by atoms with Crippen molar-refractivity contribution < 1.29 is 14.3 Å². The van der Waals surface area contributed by atoms with E-state index >= 15 is 0 Å². The summed E-state index contributed by atoms with van der Waals surface area (Å²) in [6.45, 7) is 2.98. The summed E-state index contributed by atoms with van der Waals surface area (Å²) in [5.41, 5.74) is 1.11. The first kappa shape index (κ1) is 13.2. The first-order chi connectivity index (χ1) is 7.70. The Bertz CT molecular complexity index is 311. The molecule has 0 heterocycles. The van der Waals surface area contributed by atoms with Gasteiger partial charge in [0.1, 0.15) is 11.4 Å². The van der Waals surface area contributed by atoms with Crippen molar-refractivity contribution in [2.45, 2.75) is 18.4 Å². The van der Waals surface area contributed by atoms with E-state index in [1.165, 1.54) is 0 Å². The van der Waals surface area contributed by atoms with Crippen molar-refractivity contribution in [2.75, 3.05) is 13.2 Å². The van der Waals surface area contributed by atoms with Gasteiger partial charge in [-0.1, -0.05) is 46.3 Å². The van der Waals surface area contributed by atoms with Crippen LogP contribution in [0.25, 0.3) is 0 Å². The lowest BCUT2D eigenvalue weighted by molar-refractivity contribution is -0.144. The summed E-state index contributed by atoms with van der Waals surface area (Å²) in [4.78, 5) is 10.8. The van der Waals surface area contributed by atoms with Gasteiger partial charge in [-0.2, -0.15) is 0 Å². The number of hydrogen-bond donors (Lipinski definition) is 0. The van der Waals surface area contributed by atoms with Gasteiger partial charge in [-0.05, 0) is 12.5 Å². The van der Waals surface area contributed by atoms with E-state index in [0.29, 0.717) is 19.8 Å². The zero-order valence-electron chi connectivity index (χ0n) is 9.19. The van der Waals surface area contributed by atoms with E-state index in [9.17, 15) is 4.79 Å². The second kappa shape index (κ2) is 7.41. The standard InChI is InChI=1S/C12H15BrO3/c1-10(13)12(14)16-8-7-15-9-11-5-3-2-4-6-11/h2-6,10H,7-9H2,1H3. The highest BCUT2D eigenvalue weighted by atomic mass is 79.9. The molecular weight excluding hydrogens is 272 g/mol. The fourth-order valence-corrected chi connectivity index (χ4v) is 1.21. The molecule has 0 fully saturated rings. The molecule has 88 valence electrons. The Morgan fingerprint density at radius 1 is 1.31 bits per heavy atom. The van der Waals surface area contributed by atoms with Crippen LogP contribution in [0, 0.1) is 0 Å². The SMILES string of the molecule is CC(Br)C(=O)OCCOCc1ccccc1. The average molecular weight is 287 g/mol. The van der Waals surface area contributed by atoms with Gasteiger partial charge < -0.3 is 9.47 Å². The predicted octanol–water partition coefficient (Wildman–Crippen LogP) is 2.53. The Morgan fingerprint density at radius 2 is 2.00 bits per heavy atom. The highest BCUT2D eigenvalue weighted by molar-refractivity contribution is 9.10. The molecule has 0 bridgehead atoms. The van der Waals surface area contributed by atoms with Crippen LogP contribution in [0.2, 0.25) is 0 Å². The van der Waals surface area contributed by atoms with E-state index in [2.05, 4.69) is 15.9 Å². The Balaban J connectivity index is 2.07. The molecule has 4 heteroatoms. The second-order valence-corrected chi connectivity index (χ2v) is 4.70. The molecule has 0 N–H and O–H groups in total. The van der Waals surface area contributed by atoms with Gasteiger partial charge >= 0.3 is 5.97 Å². The summed E-state index contributed by atoms with van der Waals surface area (Å²) in [7, 11) is 0. The minimum Gasteiger partial charge on any atom is -0.462 e. The first-order valence-corrected chi connectivity index (χ1v) is 6.04.